The molecule has 1 aromatic carbocycles. The highest BCUT2D eigenvalue weighted by Crippen LogP contribution is 2.31. The van der Waals surface area contributed by atoms with Gasteiger partial charge in [-0.15, -0.1) is 0 Å². The second-order valence-electron chi connectivity index (χ2n) is 8.84. The largest absolute Gasteiger partial charge is 0.304 e. The van der Waals surface area contributed by atoms with Crippen molar-refractivity contribution in [2.45, 2.75) is 42.4 Å². The van der Waals surface area contributed by atoms with Gasteiger partial charge in [-0.25, -0.2) is 16.8 Å². The summed E-state index contributed by atoms with van der Waals surface area (Å²) in [5, 5.41) is -0.897. The van der Waals surface area contributed by atoms with E-state index in [0.29, 0.717) is 13.1 Å². The minimum atomic E-state index is -3.72. The Morgan fingerprint density at radius 2 is 1.52 bits per heavy atom. The Hall–Kier alpha value is -0.960. The fourth-order valence-electron chi connectivity index (χ4n) is 3.91. The standard InChI is InChI=1S/C19H30N2O4S2/c1-19(2,3)15-5-7-16(8-6-15)27(24,25)18-14-26(22,23)13-17(18)21-11-9-20(4)10-12-21/h5-8,17-18H,9-14H2,1-4H3/t17-,18-/m0/s1. The van der Waals surface area contributed by atoms with E-state index in [1.54, 1.807) is 12.1 Å². The van der Waals surface area contributed by atoms with Gasteiger partial charge < -0.3 is 4.90 Å². The van der Waals surface area contributed by atoms with E-state index in [2.05, 4.69) is 30.6 Å². The normalized spacial score (nSPS) is 27.7. The zero-order chi connectivity index (χ0) is 20.0. The number of benzene rings is 1. The van der Waals surface area contributed by atoms with Gasteiger partial charge in [0.1, 0.15) is 0 Å². The summed E-state index contributed by atoms with van der Waals surface area (Å²) in [6.45, 7) is 9.26. The number of sulfone groups is 2. The van der Waals surface area contributed by atoms with Gasteiger partial charge >= 0.3 is 0 Å². The molecule has 2 aliphatic heterocycles. The van der Waals surface area contributed by atoms with E-state index in [9.17, 15) is 16.8 Å². The third kappa shape index (κ3) is 4.39. The van der Waals surface area contributed by atoms with Gasteiger partial charge in [-0.05, 0) is 30.2 Å². The van der Waals surface area contributed by atoms with Crippen LogP contribution in [0.3, 0.4) is 0 Å². The van der Waals surface area contributed by atoms with Gasteiger partial charge in [0, 0.05) is 32.2 Å². The van der Waals surface area contributed by atoms with Crippen molar-refractivity contribution in [2.24, 2.45) is 0 Å². The van der Waals surface area contributed by atoms with Crippen molar-refractivity contribution < 1.29 is 16.8 Å². The first-order valence-electron chi connectivity index (χ1n) is 9.38. The summed E-state index contributed by atoms with van der Waals surface area (Å²) in [5.74, 6) is -0.353. The first-order valence-corrected chi connectivity index (χ1v) is 12.7. The topological polar surface area (TPSA) is 74.8 Å². The van der Waals surface area contributed by atoms with Crippen LogP contribution in [0.1, 0.15) is 26.3 Å². The average molecular weight is 415 g/mol. The predicted molar refractivity (Wildman–Crippen MR) is 108 cm³/mol. The lowest BCUT2D eigenvalue weighted by Gasteiger charge is -2.37. The van der Waals surface area contributed by atoms with Gasteiger partial charge in [0.2, 0.25) is 0 Å². The monoisotopic (exact) mass is 414 g/mol. The number of hydrogen-bond acceptors (Lipinski definition) is 6. The quantitative estimate of drug-likeness (QED) is 0.739. The molecule has 0 bridgehead atoms. The summed E-state index contributed by atoms with van der Waals surface area (Å²) in [7, 11) is -5.06. The van der Waals surface area contributed by atoms with Crippen LogP contribution in [0.25, 0.3) is 0 Å². The minimum absolute atomic E-state index is 0.0681. The Labute approximate surface area is 163 Å². The molecular formula is C19H30N2O4S2. The van der Waals surface area contributed by atoms with Gasteiger partial charge in [0.15, 0.2) is 19.7 Å². The van der Waals surface area contributed by atoms with Gasteiger partial charge in [0.05, 0.1) is 21.7 Å². The molecule has 0 radical (unpaired) electrons. The molecule has 0 aromatic heterocycles. The van der Waals surface area contributed by atoms with Crippen LogP contribution in [-0.2, 0) is 25.1 Å². The van der Waals surface area contributed by atoms with Gasteiger partial charge in [-0.3, -0.25) is 4.90 Å². The maximum atomic E-state index is 13.3. The van der Waals surface area contributed by atoms with Crippen LogP contribution in [0, 0.1) is 0 Å². The molecule has 2 atom stereocenters. The smallest absolute Gasteiger partial charge is 0.183 e. The Kier molecular flexibility index (Phi) is 5.49. The molecule has 0 N–H and O–H groups in total. The van der Waals surface area contributed by atoms with Gasteiger partial charge in [-0.2, -0.15) is 0 Å². The molecule has 2 saturated heterocycles. The SMILES string of the molecule is CN1CCN([C@H]2CS(=O)(=O)C[C@@H]2S(=O)(=O)c2ccc(C(C)(C)C)cc2)CC1. The van der Waals surface area contributed by atoms with Crippen molar-refractivity contribution in [1.82, 2.24) is 9.80 Å². The molecule has 0 aliphatic carbocycles. The second kappa shape index (κ2) is 7.13. The zero-order valence-corrected chi connectivity index (χ0v) is 18.2. The number of nitrogens with zero attached hydrogens (tertiary/aromatic N) is 2. The van der Waals surface area contributed by atoms with Crippen LogP contribution in [0.4, 0.5) is 0 Å². The van der Waals surface area contributed by atoms with Crippen molar-refractivity contribution in [3.05, 3.63) is 29.8 Å². The van der Waals surface area contributed by atoms with E-state index in [-0.39, 0.29) is 21.8 Å². The van der Waals surface area contributed by atoms with Crippen molar-refractivity contribution >= 4 is 19.7 Å². The van der Waals surface area contributed by atoms with E-state index in [4.69, 9.17) is 0 Å². The Balaban J connectivity index is 1.91. The van der Waals surface area contributed by atoms with E-state index in [0.717, 1.165) is 18.7 Å². The van der Waals surface area contributed by atoms with Crippen LogP contribution in [0.2, 0.25) is 0 Å². The molecule has 27 heavy (non-hydrogen) atoms. The maximum Gasteiger partial charge on any atom is 0.183 e. The van der Waals surface area contributed by atoms with Crippen molar-refractivity contribution in [3.63, 3.8) is 0 Å². The number of likely N-dealkylation sites (N-methyl/N-ethyl adjacent to an activating group) is 1. The lowest BCUT2D eigenvalue weighted by atomic mass is 9.87. The van der Waals surface area contributed by atoms with Gasteiger partial charge in [-0.1, -0.05) is 32.9 Å². The van der Waals surface area contributed by atoms with Crippen molar-refractivity contribution in [3.8, 4) is 0 Å². The molecule has 2 aliphatic rings. The Morgan fingerprint density at radius 3 is 2.04 bits per heavy atom. The molecule has 3 rings (SSSR count). The average Bonchev–Trinajstić information content (AvgIpc) is 2.91. The zero-order valence-electron chi connectivity index (χ0n) is 16.6. The first-order chi connectivity index (χ1) is 12.4. The summed E-state index contributed by atoms with van der Waals surface area (Å²) >= 11 is 0. The number of hydrogen-bond donors (Lipinski definition) is 0. The molecule has 8 heteroatoms. The van der Waals surface area contributed by atoms with Crippen molar-refractivity contribution in [2.75, 3.05) is 44.7 Å². The fourth-order valence-corrected chi connectivity index (χ4v) is 8.74. The van der Waals surface area contributed by atoms with Crippen molar-refractivity contribution in [1.29, 1.82) is 0 Å². The van der Waals surface area contributed by atoms with E-state index in [1.807, 2.05) is 19.2 Å². The third-order valence-corrected chi connectivity index (χ3v) is 9.86. The molecule has 0 spiro atoms. The molecule has 0 saturated carbocycles. The maximum absolute atomic E-state index is 13.3. The highest BCUT2D eigenvalue weighted by atomic mass is 32.2. The molecule has 6 nitrogen and oxygen atoms in total. The third-order valence-electron chi connectivity index (χ3n) is 5.73. The van der Waals surface area contributed by atoms with E-state index in [1.165, 1.54) is 0 Å². The first kappa shape index (κ1) is 20.8. The van der Waals surface area contributed by atoms with Crippen LogP contribution < -0.4 is 0 Å². The Morgan fingerprint density at radius 1 is 0.963 bits per heavy atom. The molecule has 0 amide bonds. The summed E-state index contributed by atoms with van der Waals surface area (Å²) in [5.41, 5.74) is 0.984. The molecule has 152 valence electrons. The lowest BCUT2D eigenvalue weighted by Crippen LogP contribution is -2.54. The predicted octanol–water partition coefficient (Wildman–Crippen LogP) is 1.17. The van der Waals surface area contributed by atoms with E-state index < -0.39 is 31.0 Å². The fraction of sp³-hybridized carbons (Fsp3) is 0.684. The summed E-state index contributed by atoms with van der Waals surface area (Å²) in [4.78, 5) is 4.45. The molecule has 2 fully saturated rings. The summed E-state index contributed by atoms with van der Waals surface area (Å²) < 4.78 is 51.2. The number of rotatable bonds is 3. The van der Waals surface area contributed by atoms with E-state index >= 15 is 0 Å². The van der Waals surface area contributed by atoms with Crippen LogP contribution in [0.15, 0.2) is 29.2 Å². The lowest BCUT2D eigenvalue weighted by molar-refractivity contribution is 0.122. The summed E-state index contributed by atoms with van der Waals surface area (Å²) in [6, 6.07) is 6.46. The molecule has 1 aromatic rings. The van der Waals surface area contributed by atoms with Crippen LogP contribution >= 0.6 is 0 Å². The van der Waals surface area contributed by atoms with Crippen LogP contribution in [0.5, 0.6) is 0 Å². The van der Waals surface area contributed by atoms with Gasteiger partial charge in [0.25, 0.3) is 0 Å². The highest BCUT2D eigenvalue weighted by Gasteiger charge is 2.48. The minimum Gasteiger partial charge on any atom is -0.304 e. The molecule has 2 heterocycles. The highest BCUT2D eigenvalue weighted by molar-refractivity contribution is 7.96. The van der Waals surface area contributed by atoms with Crippen LogP contribution in [-0.4, -0.2) is 82.7 Å². The second-order valence-corrected chi connectivity index (χ2v) is 13.2. The number of piperazine rings is 1. The molecular weight excluding hydrogens is 384 g/mol. The molecule has 0 unspecified atom stereocenters. The Bertz CT molecular complexity index is 879. The summed E-state index contributed by atoms with van der Waals surface area (Å²) in [6.07, 6.45) is 0.